The van der Waals surface area contributed by atoms with Crippen molar-refractivity contribution >= 4 is 0 Å². The third-order valence-electron chi connectivity index (χ3n) is 2.92. The highest BCUT2D eigenvalue weighted by atomic mass is 15.1. The number of nitrogens with zero attached hydrogens (tertiary/aromatic N) is 3. The van der Waals surface area contributed by atoms with Gasteiger partial charge in [-0.3, -0.25) is 0 Å². The highest BCUT2D eigenvalue weighted by Crippen LogP contribution is 2.23. The van der Waals surface area contributed by atoms with Crippen molar-refractivity contribution in [3.05, 3.63) is 66.9 Å². The second-order valence-electron chi connectivity index (χ2n) is 4.15. The van der Waals surface area contributed by atoms with Gasteiger partial charge in [0.1, 0.15) is 0 Å². The molecule has 1 heterocycles. The van der Waals surface area contributed by atoms with Gasteiger partial charge in [-0.15, -0.1) is 0 Å². The molecule has 90 valence electrons. The molecule has 19 heavy (non-hydrogen) atoms. The molecule has 0 atom stereocenters. The van der Waals surface area contributed by atoms with E-state index in [1.54, 1.807) is 6.20 Å². The Morgan fingerprint density at radius 2 is 1.42 bits per heavy atom. The summed E-state index contributed by atoms with van der Waals surface area (Å²) in [6.45, 7) is 0. The van der Waals surface area contributed by atoms with Crippen molar-refractivity contribution < 1.29 is 0 Å². The first kappa shape index (κ1) is 11.2. The van der Waals surface area contributed by atoms with E-state index in [1.165, 1.54) is 4.57 Å². The first-order valence-corrected chi connectivity index (χ1v) is 5.99. The molecular weight excluding hydrogens is 234 g/mol. The van der Waals surface area contributed by atoms with Crippen LogP contribution in [-0.4, -0.2) is 9.55 Å². The zero-order chi connectivity index (χ0) is 13.1. The quantitative estimate of drug-likeness (QED) is 0.692. The number of rotatable bonds is 2. The molecule has 0 aliphatic heterocycles. The molecule has 0 N–H and O–H groups in total. The van der Waals surface area contributed by atoms with Crippen LogP contribution in [0.15, 0.2) is 66.9 Å². The summed E-state index contributed by atoms with van der Waals surface area (Å²) in [5.74, 6) is 0.668. The molecule has 2 aromatic carbocycles. The van der Waals surface area contributed by atoms with Crippen molar-refractivity contribution in [2.45, 2.75) is 0 Å². The van der Waals surface area contributed by atoms with Crippen LogP contribution in [0, 0.1) is 11.5 Å². The van der Waals surface area contributed by atoms with E-state index >= 15 is 0 Å². The van der Waals surface area contributed by atoms with Crippen LogP contribution in [0.5, 0.6) is 0 Å². The number of aromatic nitrogens is 2. The lowest BCUT2D eigenvalue weighted by atomic mass is 10.2. The molecule has 3 aromatic rings. The zero-order valence-corrected chi connectivity index (χ0v) is 10.2. The number of imidazole rings is 1. The lowest BCUT2D eigenvalue weighted by molar-refractivity contribution is 1.09. The molecule has 0 aliphatic rings. The SMILES string of the molecule is N#Cn1cc(-c2ccccc2)nc1-c1ccccc1. The number of benzene rings is 2. The van der Waals surface area contributed by atoms with Gasteiger partial charge in [0.15, 0.2) is 12.0 Å². The van der Waals surface area contributed by atoms with E-state index in [2.05, 4.69) is 11.2 Å². The van der Waals surface area contributed by atoms with Crippen molar-refractivity contribution in [1.29, 1.82) is 5.26 Å². The van der Waals surface area contributed by atoms with Gasteiger partial charge in [0, 0.05) is 17.3 Å². The van der Waals surface area contributed by atoms with E-state index < -0.39 is 0 Å². The first-order valence-electron chi connectivity index (χ1n) is 5.99. The number of hydrogen-bond donors (Lipinski definition) is 0. The van der Waals surface area contributed by atoms with Crippen LogP contribution in [0.2, 0.25) is 0 Å². The van der Waals surface area contributed by atoms with E-state index in [-0.39, 0.29) is 0 Å². The molecule has 0 spiro atoms. The second kappa shape index (κ2) is 4.79. The molecule has 0 bridgehead atoms. The molecule has 0 saturated heterocycles. The van der Waals surface area contributed by atoms with Gasteiger partial charge in [-0.1, -0.05) is 60.7 Å². The predicted molar refractivity (Wildman–Crippen MR) is 74.1 cm³/mol. The van der Waals surface area contributed by atoms with E-state index in [0.29, 0.717) is 5.82 Å². The van der Waals surface area contributed by atoms with Crippen LogP contribution in [0.3, 0.4) is 0 Å². The highest BCUT2D eigenvalue weighted by Gasteiger charge is 2.10. The van der Waals surface area contributed by atoms with Gasteiger partial charge >= 0.3 is 0 Å². The van der Waals surface area contributed by atoms with E-state index in [0.717, 1.165) is 16.8 Å². The van der Waals surface area contributed by atoms with Gasteiger partial charge in [-0.05, 0) is 0 Å². The van der Waals surface area contributed by atoms with Crippen LogP contribution in [-0.2, 0) is 0 Å². The highest BCUT2D eigenvalue weighted by molar-refractivity contribution is 5.65. The number of hydrogen-bond acceptors (Lipinski definition) is 2. The Morgan fingerprint density at radius 1 is 0.842 bits per heavy atom. The minimum Gasteiger partial charge on any atom is -0.235 e. The molecular formula is C16H11N3. The maximum Gasteiger partial charge on any atom is 0.190 e. The van der Waals surface area contributed by atoms with Crippen molar-refractivity contribution in [1.82, 2.24) is 9.55 Å². The van der Waals surface area contributed by atoms with Gasteiger partial charge in [-0.2, -0.15) is 5.26 Å². The summed E-state index contributed by atoms with van der Waals surface area (Å²) < 4.78 is 1.50. The Labute approximate surface area is 111 Å². The summed E-state index contributed by atoms with van der Waals surface area (Å²) in [5, 5.41) is 9.21. The average Bonchev–Trinajstić information content (AvgIpc) is 2.93. The Balaban J connectivity index is 2.13. The molecule has 0 amide bonds. The molecule has 3 rings (SSSR count). The summed E-state index contributed by atoms with van der Waals surface area (Å²) in [7, 11) is 0. The molecule has 0 aliphatic carbocycles. The molecule has 3 heteroatoms. The zero-order valence-electron chi connectivity index (χ0n) is 10.2. The summed E-state index contributed by atoms with van der Waals surface area (Å²) in [6.07, 6.45) is 3.90. The molecule has 0 unspecified atom stereocenters. The fourth-order valence-electron chi connectivity index (χ4n) is 2.00. The first-order chi connectivity index (χ1) is 9.38. The molecule has 0 fully saturated rings. The Kier molecular flexibility index (Phi) is 2.83. The smallest absolute Gasteiger partial charge is 0.190 e. The molecule has 3 nitrogen and oxygen atoms in total. The Hall–Kier alpha value is -2.86. The standard InChI is InChI=1S/C16H11N3/c17-12-19-11-15(13-7-3-1-4-8-13)18-16(19)14-9-5-2-6-10-14/h1-11H. The second-order valence-corrected chi connectivity index (χ2v) is 4.15. The fraction of sp³-hybridized carbons (Fsp3) is 0. The van der Waals surface area contributed by atoms with Crippen LogP contribution in [0.25, 0.3) is 22.6 Å². The monoisotopic (exact) mass is 245 g/mol. The average molecular weight is 245 g/mol. The van der Waals surface area contributed by atoms with Gasteiger partial charge < -0.3 is 0 Å². The maximum atomic E-state index is 9.21. The summed E-state index contributed by atoms with van der Waals surface area (Å²) >= 11 is 0. The van der Waals surface area contributed by atoms with Crippen molar-refractivity contribution in [2.75, 3.05) is 0 Å². The largest absolute Gasteiger partial charge is 0.235 e. The third kappa shape index (κ3) is 2.12. The molecule has 0 saturated carbocycles. The lowest BCUT2D eigenvalue weighted by Crippen LogP contribution is -1.90. The van der Waals surface area contributed by atoms with Gasteiger partial charge in [0.25, 0.3) is 0 Å². The van der Waals surface area contributed by atoms with Gasteiger partial charge in [0.05, 0.1) is 5.69 Å². The lowest BCUT2D eigenvalue weighted by Gasteiger charge is -1.97. The summed E-state index contributed by atoms with van der Waals surface area (Å²) in [6, 6.07) is 19.6. The fourth-order valence-corrected chi connectivity index (χ4v) is 2.00. The summed E-state index contributed by atoms with van der Waals surface area (Å²) in [5.41, 5.74) is 2.75. The summed E-state index contributed by atoms with van der Waals surface area (Å²) in [4.78, 5) is 4.56. The van der Waals surface area contributed by atoms with E-state index in [9.17, 15) is 5.26 Å². The van der Waals surface area contributed by atoms with E-state index in [1.807, 2.05) is 60.7 Å². The normalized spacial score (nSPS) is 10.1. The van der Waals surface area contributed by atoms with Gasteiger partial charge in [0.2, 0.25) is 0 Å². The van der Waals surface area contributed by atoms with Crippen LogP contribution < -0.4 is 0 Å². The van der Waals surface area contributed by atoms with Crippen molar-refractivity contribution in [2.24, 2.45) is 0 Å². The molecule has 1 aromatic heterocycles. The molecule has 0 radical (unpaired) electrons. The van der Waals surface area contributed by atoms with Gasteiger partial charge in [-0.25, -0.2) is 9.55 Å². The third-order valence-corrected chi connectivity index (χ3v) is 2.92. The van der Waals surface area contributed by atoms with Crippen molar-refractivity contribution in [3.8, 4) is 28.8 Å². The van der Waals surface area contributed by atoms with Crippen LogP contribution in [0.1, 0.15) is 0 Å². The predicted octanol–water partition coefficient (Wildman–Crippen LogP) is 3.55. The topological polar surface area (TPSA) is 41.6 Å². The van der Waals surface area contributed by atoms with Crippen molar-refractivity contribution in [3.63, 3.8) is 0 Å². The minimum atomic E-state index is 0.668. The minimum absolute atomic E-state index is 0.668. The Bertz CT molecular complexity index is 722. The van der Waals surface area contributed by atoms with Crippen LogP contribution in [0.4, 0.5) is 0 Å². The Morgan fingerprint density at radius 3 is 2.00 bits per heavy atom. The number of nitriles is 1. The van der Waals surface area contributed by atoms with Crippen LogP contribution >= 0.6 is 0 Å². The van der Waals surface area contributed by atoms with E-state index in [4.69, 9.17) is 0 Å². The maximum absolute atomic E-state index is 9.21.